The second-order valence-corrected chi connectivity index (χ2v) is 7.22. The molecule has 29 heavy (non-hydrogen) atoms. The molecule has 0 aliphatic rings. The summed E-state index contributed by atoms with van der Waals surface area (Å²) in [6.45, 7) is 0. The van der Waals surface area contributed by atoms with E-state index in [1.807, 2.05) is 85.2 Å². The van der Waals surface area contributed by atoms with Crippen molar-refractivity contribution in [2.75, 3.05) is 7.11 Å². The third-order valence-electron chi connectivity index (χ3n) is 4.36. The molecule has 0 amide bonds. The van der Waals surface area contributed by atoms with Crippen LogP contribution in [-0.4, -0.2) is 17.9 Å². The maximum atomic E-state index is 5.85. The summed E-state index contributed by atoms with van der Waals surface area (Å²) in [4.78, 5) is 4.60. The van der Waals surface area contributed by atoms with Crippen molar-refractivity contribution in [3.05, 3.63) is 101 Å². The lowest BCUT2D eigenvalue weighted by molar-refractivity contribution is 0.413. The van der Waals surface area contributed by atoms with E-state index in [4.69, 9.17) is 9.47 Å². The van der Waals surface area contributed by atoms with Gasteiger partial charge in [0.05, 0.1) is 24.7 Å². The van der Waals surface area contributed by atoms with Gasteiger partial charge >= 0.3 is 0 Å². The molecule has 0 fully saturated rings. The molecule has 0 aliphatic heterocycles. The van der Waals surface area contributed by atoms with Crippen molar-refractivity contribution in [1.29, 1.82) is 0 Å². The first-order chi connectivity index (χ1) is 14.2. The number of ether oxygens (including phenoxy) is 2. The van der Waals surface area contributed by atoms with E-state index in [0.29, 0.717) is 0 Å². The summed E-state index contributed by atoms with van der Waals surface area (Å²) in [7, 11) is 1.64. The highest BCUT2D eigenvalue weighted by atomic mass is 79.9. The zero-order valence-electron chi connectivity index (χ0n) is 15.8. The summed E-state index contributed by atoms with van der Waals surface area (Å²) < 4.78 is 14.2. The molecule has 4 nitrogen and oxygen atoms in total. The lowest BCUT2D eigenvalue weighted by Crippen LogP contribution is -1.97. The van der Waals surface area contributed by atoms with Crippen molar-refractivity contribution in [2.24, 2.45) is 4.99 Å². The van der Waals surface area contributed by atoms with Crippen LogP contribution in [0.5, 0.6) is 17.2 Å². The number of benzene rings is 3. The molecule has 0 saturated carbocycles. The average Bonchev–Trinajstić information content (AvgIpc) is 3.23. The Morgan fingerprint density at radius 3 is 2.07 bits per heavy atom. The Labute approximate surface area is 178 Å². The highest BCUT2D eigenvalue weighted by Gasteiger charge is 2.02. The molecule has 4 aromatic rings. The van der Waals surface area contributed by atoms with E-state index < -0.39 is 0 Å². The van der Waals surface area contributed by atoms with Crippen molar-refractivity contribution in [2.45, 2.75) is 0 Å². The van der Waals surface area contributed by atoms with Crippen LogP contribution < -0.4 is 9.47 Å². The summed E-state index contributed by atoms with van der Waals surface area (Å²) in [5.41, 5.74) is 2.95. The van der Waals surface area contributed by atoms with Gasteiger partial charge in [0.25, 0.3) is 0 Å². The van der Waals surface area contributed by atoms with Crippen LogP contribution in [0, 0.1) is 0 Å². The lowest BCUT2D eigenvalue weighted by Gasteiger charge is -2.07. The molecule has 144 valence electrons. The van der Waals surface area contributed by atoms with Crippen molar-refractivity contribution in [1.82, 2.24) is 4.57 Å². The van der Waals surface area contributed by atoms with Gasteiger partial charge in [-0.25, -0.2) is 0 Å². The molecule has 0 bridgehead atoms. The SMILES string of the molecule is COc1ccc(Oc2ccc(N=Cc3cccn3-c3ccc(Br)cc3)cc2)cc1. The predicted molar refractivity (Wildman–Crippen MR) is 120 cm³/mol. The Morgan fingerprint density at radius 1 is 0.793 bits per heavy atom. The minimum atomic E-state index is 0.757. The van der Waals surface area contributed by atoms with Crippen LogP contribution >= 0.6 is 15.9 Å². The number of halogens is 1. The maximum Gasteiger partial charge on any atom is 0.127 e. The Morgan fingerprint density at radius 2 is 1.41 bits per heavy atom. The minimum Gasteiger partial charge on any atom is -0.497 e. The van der Waals surface area contributed by atoms with E-state index in [1.54, 1.807) is 7.11 Å². The zero-order valence-corrected chi connectivity index (χ0v) is 17.4. The number of methoxy groups -OCH3 is 1. The number of nitrogens with zero attached hydrogens (tertiary/aromatic N) is 2. The Balaban J connectivity index is 1.46. The molecule has 1 heterocycles. The summed E-state index contributed by atoms with van der Waals surface area (Å²) in [6, 6.07) is 27.4. The van der Waals surface area contributed by atoms with Crippen molar-refractivity contribution >= 4 is 27.8 Å². The van der Waals surface area contributed by atoms with Gasteiger partial charge in [-0.2, -0.15) is 0 Å². The third kappa shape index (κ3) is 4.76. The van der Waals surface area contributed by atoms with Crippen LogP contribution in [0.2, 0.25) is 0 Å². The smallest absolute Gasteiger partial charge is 0.127 e. The molecular weight excluding hydrogens is 428 g/mol. The lowest BCUT2D eigenvalue weighted by atomic mass is 10.3. The van der Waals surface area contributed by atoms with E-state index in [-0.39, 0.29) is 0 Å². The fourth-order valence-corrected chi connectivity index (χ4v) is 3.12. The average molecular weight is 447 g/mol. The van der Waals surface area contributed by atoms with Gasteiger partial charge in [0.15, 0.2) is 0 Å². The number of hydrogen-bond donors (Lipinski definition) is 0. The first-order valence-corrected chi connectivity index (χ1v) is 9.90. The van der Waals surface area contributed by atoms with E-state index >= 15 is 0 Å². The Hall–Kier alpha value is -3.31. The Bertz CT molecular complexity index is 1100. The molecule has 3 aromatic carbocycles. The molecule has 0 spiro atoms. The van der Waals surface area contributed by atoms with Crippen LogP contribution in [0.1, 0.15) is 5.69 Å². The quantitative estimate of drug-likeness (QED) is 0.305. The van der Waals surface area contributed by atoms with E-state index in [9.17, 15) is 0 Å². The van der Waals surface area contributed by atoms with Gasteiger partial charge in [-0.15, -0.1) is 0 Å². The standard InChI is InChI=1S/C24H19BrN2O2/c1-28-22-12-14-24(15-13-22)29-23-10-6-19(7-11-23)26-17-21-3-2-16-27(21)20-8-4-18(25)5-9-20/h2-17H,1H3. The van der Waals surface area contributed by atoms with Gasteiger partial charge in [-0.05, 0) is 84.9 Å². The molecule has 0 N–H and O–H groups in total. The topological polar surface area (TPSA) is 35.8 Å². The summed E-state index contributed by atoms with van der Waals surface area (Å²) in [5, 5.41) is 0. The van der Waals surface area contributed by atoms with Crippen LogP contribution in [0.15, 0.2) is 101 Å². The molecule has 0 unspecified atom stereocenters. The van der Waals surface area contributed by atoms with Gasteiger partial charge in [0.2, 0.25) is 0 Å². The molecule has 0 saturated heterocycles. The zero-order chi connectivity index (χ0) is 20.1. The van der Waals surface area contributed by atoms with Crippen molar-refractivity contribution < 1.29 is 9.47 Å². The molecule has 5 heteroatoms. The van der Waals surface area contributed by atoms with Crippen LogP contribution in [-0.2, 0) is 0 Å². The maximum absolute atomic E-state index is 5.85. The van der Waals surface area contributed by atoms with Crippen LogP contribution in [0.3, 0.4) is 0 Å². The molecule has 0 aliphatic carbocycles. The summed E-state index contributed by atoms with van der Waals surface area (Å²) in [5.74, 6) is 2.32. The monoisotopic (exact) mass is 446 g/mol. The second-order valence-electron chi connectivity index (χ2n) is 6.31. The van der Waals surface area contributed by atoms with Gasteiger partial charge in [0, 0.05) is 16.4 Å². The highest BCUT2D eigenvalue weighted by molar-refractivity contribution is 9.10. The van der Waals surface area contributed by atoms with Gasteiger partial charge < -0.3 is 14.0 Å². The molecule has 1 aromatic heterocycles. The second kappa shape index (κ2) is 8.80. The number of hydrogen-bond acceptors (Lipinski definition) is 3. The third-order valence-corrected chi connectivity index (χ3v) is 4.89. The highest BCUT2D eigenvalue weighted by Crippen LogP contribution is 2.26. The minimum absolute atomic E-state index is 0.757. The summed E-state index contributed by atoms with van der Waals surface area (Å²) >= 11 is 3.47. The van der Waals surface area contributed by atoms with E-state index in [2.05, 4.69) is 37.6 Å². The van der Waals surface area contributed by atoms with Gasteiger partial charge in [-0.3, -0.25) is 4.99 Å². The largest absolute Gasteiger partial charge is 0.497 e. The van der Waals surface area contributed by atoms with E-state index in [0.717, 1.165) is 38.8 Å². The van der Waals surface area contributed by atoms with Crippen LogP contribution in [0.4, 0.5) is 5.69 Å². The molecular formula is C24H19BrN2O2. The Kier molecular flexibility index (Phi) is 5.77. The van der Waals surface area contributed by atoms with Gasteiger partial charge in [-0.1, -0.05) is 15.9 Å². The fraction of sp³-hybridized carbons (Fsp3) is 0.0417. The number of aliphatic imine (C=N–C) groups is 1. The van der Waals surface area contributed by atoms with Crippen molar-refractivity contribution in [3.63, 3.8) is 0 Å². The van der Waals surface area contributed by atoms with E-state index in [1.165, 1.54) is 0 Å². The summed E-state index contributed by atoms with van der Waals surface area (Å²) in [6.07, 6.45) is 3.89. The van der Waals surface area contributed by atoms with Gasteiger partial charge in [0.1, 0.15) is 17.2 Å². The molecule has 4 rings (SSSR count). The predicted octanol–water partition coefficient (Wildman–Crippen LogP) is 6.79. The molecule has 0 atom stereocenters. The van der Waals surface area contributed by atoms with Crippen LogP contribution in [0.25, 0.3) is 5.69 Å². The normalized spacial score (nSPS) is 11.0. The number of aromatic nitrogens is 1. The molecule has 0 radical (unpaired) electrons. The first kappa shape index (κ1) is 19.0. The fourth-order valence-electron chi connectivity index (χ4n) is 2.86. The van der Waals surface area contributed by atoms with Crippen molar-refractivity contribution in [3.8, 4) is 22.9 Å². The first-order valence-electron chi connectivity index (χ1n) is 9.10. The number of rotatable bonds is 6.